The average Bonchev–Trinajstić information content (AvgIpc) is 3.18. The number of ketones is 1. The topological polar surface area (TPSA) is 79.0 Å². The predicted octanol–water partition coefficient (Wildman–Crippen LogP) is 4.56. The van der Waals surface area contributed by atoms with Crippen LogP contribution in [0.2, 0.25) is 5.02 Å². The van der Waals surface area contributed by atoms with Crippen LogP contribution in [-0.4, -0.2) is 43.9 Å². The third-order valence-electron chi connectivity index (χ3n) is 4.80. The molecular formula is C21H20ClF3N4O3. The lowest BCUT2D eigenvalue weighted by atomic mass is 10.1. The van der Waals surface area contributed by atoms with Crippen molar-refractivity contribution in [1.29, 1.82) is 0 Å². The number of ether oxygens (including phenoxy) is 1. The van der Waals surface area contributed by atoms with Crippen LogP contribution >= 0.6 is 11.6 Å². The Bertz CT molecular complexity index is 1200. The molecule has 0 unspecified atom stereocenters. The molecule has 170 valence electrons. The van der Waals surface area contributed by atoms with Crippen LogP contribution in [0.5, 0.6) is 0 Å². The summed E-state index contributed by atoms with van der Waals surface area (Å²) in [5, 5.41) is 4.32. The molecule has 0 N–H and O–H groups in total. The lowest BCUT2D eigenvalue weighted by molar-refractivity contribution is -0.141. The van der Waals surface area contributed by atoms with Gasteiger partial charge >= 0.3 is 12.1 Å². The van der Waals surface area contributed by atoms with Crippen molar-refractivity contribution in [2.24, 2.45) is 0 Å². The van der Waals surface area contributed by atoms with Crippen LogP contribution in [0.3, 0.4) is 0 Å². The lowest BCUT2D eigenvalue weighted by Crippen LogP contribution is -2.20. The molecule has 11 heteroatoms. The van der Waals surface area contributed by atoms with Crippen LogP contribution in [0.1, 0.15) is 43.6 Å². The van der Waals surface area contributed by atoms with E-state index in [-0.39, 0.29) is 27.7 Å². The third-order valence-corrected chi connectivity index (χ3v) is 5.10. The van der Waals surface area contributed by atoms with Gasteiger partial charge in [-0.25, -0.2) is 14.5 Å². The summed E-state index contributed by atoms with van der Waals surface area (Å²) < 4.78 is 45.9. The van der Waals surface area contributed by atoms with E-state index >= 15 is 0 Å². The number of hydrogen-bond donors (Lipinski definition) is 0. The minimum Gasteiger partial charge on any atom is -0.453 e. The molecule has 7 nitrogen and oxygen atoms in total. The molecule has 0 atom stereocenters. The highest BCUT2D eigenvalue weighted by Crippen LogP contribution is 2.24. The van der Waals surface area contributed by atoms with Crippen LogP contribution in [0.4, 0.5) is 13.2 Å². The van der Waals surface area contributed by atoms with E-state index in [4.69, 9.17) is 16.3 Å². The number of rotatable bonds is 6. The zero-order valence-electron chi connectivity index (χ0n) is 17.7. The van der Waals surface area contributed by atoms with Crippen LogP contribution in [0.15, 0.2) is 24.3 Å². The van der Waals surface area contributed by atoms with Gasteiger partial charge in [0.15, 0.2) is 18.1 Å². The number of halogens is 4. The van der Waals surface area contributed by atoms with E-state index in [1.807, 2.05) is 19.9 Å². The molecule has 0 aliphatic carbocycles. The molecule has 0 bridgehead atoms. The summed E-state index contributed by atoms with van der Waals surface area (Å²) in [4.78, 5) is 29.2. The summed E-state index contributed by atoms with van der Waals surface area (Å²) in [7, 11) is 0. The molecule has 0 fully saturated rings. The van der Waals surface area contributed by atoms with Crippen LogP contribution in [-0.2, 0) is 11.3 Å². The molecule has 0 aliphatic rings. The van der Waals surface area contributed by atoms with Crippen LogP contribution in [0, 0.1) is 27.7 Å². The van der Waals surface area contributed by atoms with E-state index in [0.29, 0.717) is 5.82 Å². The fraction of sp³-hybridized carbons (Fsp3) is 0.333. The maximum absolute atomic E-state index is 12.8. The van der Waals surface area contributed by atoms with Crippen molar-refractivity contribution >= 4 is 23.4 Å². The number of aryl methyl sites for hydroxylation is 3. The number of nitrogens with zero attached hydrogens (tertiary/aromatic N) is 4. The van der Waals surface area contributed by atoms with E-state index in [1.165, 1.54) is 30.7 Å². The highest BCUT2D eigenvalue weighted by atomic mass is 35.5. The van der Waals surface area contributed by atoms with E-state index in [2.05, 4.69) is 10.1 Å². The molecule has 3 aromatic rings. The van der Waals surface area contributed by atoms with E-state index in [1.54, 1.807) is 6.07 Å². The fourth-order valence-electron chi connectivity index (χ4n) is 3.34. The zero-order valence-corrected chi connectivity index (χ0v) is 18.5. The van der Waals surface area contributed by atoms with Crippen molar-refractivity contribution in [3.8, 4) is 5.82 Å². The van der Waals surface area contributed by atoms with Gasteiger partial charge in [0, 0.05) is 22.6 Å². The first kappa shape index (κ1) is 23.5. The molecule has 3 aromatic heterocycles. The number of carbonyl (C=O) groups excluding carboxylic acids is 2. The van der Waals surface area contributed by atoms with Gasteiger partial charge in [0.05, 0.1) is 10.7 Å². The maximum atomic E-state index is 12.8. The van der Waals surface area contributed by atoms with E-state index < -0.39 is 31.1 Å². The second-order valence-corrected chi connectivity index (χ2v) is 7.73. The van der Waals surface area contributed by atoms with Crippen molar-refractivity contribution in [1.82, 2.24) is 19.3 Å². The summed E-state index contributed by atoms with van der Waals surface area (Å²) in [6.07, 6.45) is -4.43. The molecule has 3 heterocycles. The number of esters is 1. The van der Waals surface area contributed by atoms with Gasteiger partial charge in [0.25, 0.3) is 0 Å². The summed E-state index contributed by atoms with van der Waals surface area (Å²) in [6, 6.07) is 6.22. The van der Waals surface area contributed by atoms with Crippen molar-refractivity contribution in [3.05, 3.63) is 63.3 Å². The Balaban J connectivity index is 1.76. The predicted molar refractivity (Wildman–Crippen MR) is 110 cm³/mol. The number of Topliss-reactive ketones (excluding diaryl/α,β-unsaturated/α-hetero) is 1. The van der Waals surface area contributed by atoms with Crippen molar-refractivity contribution in [2.45, 2.75) is 40.4 Å². The second-order valence-electron chi connectivity index (χ2n) is 7.32. The minimum absolute atomic E-state index is 0.0242. The third kappa shape index (κ3) is 5.01. The summed E-state index contributed by atoms with van der Waals surface area (Å²) in [6.45, 7) is 4.63. The van der Waals surface area contributed by atoms with Crippen LogP contribution < -0.4 is 0 Å². The van der Waals surface area contributed by atoms with Crippen molar-refractivity contribution < 1.29 is 27.5 Å². The largest absolute Gasteiger partial charge is 0.453 e. The number of aromatic nitrogens is 4. The first-order valence-electron chi connectivity index (χ1n) is 9.51. The van der Waals surface area contributed by atoms with Gasteiger partial charge in [0.2, 0.25) is 5.78 Å². The highest BCUT2D eigenvalue weighted by molar-refractivity contribution is 6.33. The van der Waals surface area contributed by atoms with Gasteiger partial charge in [-0.3, -0.25) is 4.79 Å². The second kappa shape index (κ2) is 8.78. The monoisotopic (exact) mass is 468 g/mol. The number of carbonyl (C=O) groups is 2. The molecular weight excluding hydrogens is 449 g/mol. The molecule has 0 saturated heterocycles. The maximum Gasteiger partial charge on any atom is 0.406 e. The standard InChI is InChI=1S/C21H20ClF3N4O3/c1-11-7-13(3)29(27-11)18-6-5-16(22)19(26-18)20(31)32-9-17(30)15-8-12(2)28(14(15)4)10-21(23,24)25/h5-8H,9-10H2,1-4H3. The Labute approximate surface area is 186 Å². The molecule has 3 rings (SSSR count). The molecule has 0 aliphatic heterocycles. The molecule has 0 saturated carbocycles. The Morgan fingerprint density at radius 2 is 1.78 bits per heavy atom. The average molecular weight is 469 g/mol. The number of hydrogen-bond acceptors (Lipinski definition) is 5. The SMILES string of the molecule is Cc1cc(C)n(-c2ccc(Cl)c(C(=O)OCC(=O)c3cc(C)n(CC(F)(F)F)c3C)n2)n1. The van der Waals surface area contributed by atoms with E-state index in [9.17, 15) is 22.8 Å². The fourth-order valence-corrected chi connectivity index (χ4v) is 3.52. The Kier molecular flexibility index (Phi) is 6.45. The molecule has 32 heavy (non-hydrogen) atoms. The van der Waals surface area contributed by atoms with Gasteiger partial charge in [0.1, 0.15) is 6.54 Å². The first-order valence-corrected chi connectivity index (χ1v) is 9.89. The quantitative estimate of drug-likeness (QED) is 0.391. The Morgan fingerprint density at radius 3 is 2.38 bits per heavy atom. The Hall–Kier alpha value is -3.14. The van der Waals surface area contributed by atoms with Gasteiger partial charge in [-0.2, -0.15) is 18.3 Å². The number of pyridine rings is 1. The van der Waals surface area contributed by atoms with Crippen LogP contribution in [0.25, 0.3) is 5.82 Å². The summed E-state index contributed by atoms with van der Waals surface area (Å²) in [5.41, 5.74) is 1.82. The van der Waals surface area contributed by atoms with Gasteiger partial charge in [-0.05, 0) is 52.0 Å². The molecule has 0 amide bonds. The molecule has 0 spiro atoms. The van der Waals surface area contributed by atoms with Gasteiger partial charge < -0.3 is 9.30 Å². The normalized spacial score (nSPS) is 11.6. The van der Waals surface area contributed by atoms with E-state index in [0.717, 1.165) is 16.0 Å². The first-order chi connectivity index (χ1) is 14.9. The van der Waals surface area contributed by atoms with Crippen molar-refractivity contribution in [2.75, 3.05) is 6.61 Å². The molecule has 0 aromatic carbocycles. The summed E-state index contributed by atoms with van der Waals surface area (Å²) in [5.74, 6) is -1.23. The lowest BCUT2D eigenvalue weighted by Gasteiger charge is -2.12. The van der Waals surface area contributed by atoms with Gasteiger partial charge in [-0.15, -0.1) is 0 Å². The smallest absolute Gasteiger partial charge is 0.406 e. The van der Waals surface area contributed by atoms with Gasteiger partial charge in [-0.1, -0.05) is 11.6 Å². The highest BCUT2D eigenvalue weighted by Gasteiger charge is 2.30. The zero-order chi connectivity index (χ0) is 23.8. The molecule has 0 radical (unpaired) electrons. The minimum atomic E-state index is -4.43. The number of alkyl halides is 3. The summed E-state index contributed by atoms with van der Waals surface area (Å²) >= 11 is 6.08. The van der Waals surface area contributed by atoms with Crippen molar-refractivity contribution in [3.63, 3.8) is 0 Å². The Morgan fingerprint density at radius 1 is 1.09 bits per heavy atom.